The molecule has 4 nitrogen and oxygen atoms in total. The average molecular weight is 263 g/mol. The molecule has 18 heavy (non-hydrogen) atoms. The van der Waals surface area contributed by atoms with Crippen LogP contribution in [0.1, 0.15) is 26.0 Å². The normalized spacial score (nSPS) is 15.2. The van der Waals surface area contributed by atoms with Crippen LogP contribution < -0.4 is 0 Å². The topological polar surface area (TPSA) is 58.4 Å². The van der Waals surface area contributed by atoms with Crippen LogP contribution in [0.5, 0.6) is 5.88 Å². The van der Waals surface area contributed by atoms with E-state index in [1.54, 1.807) is 17.8 Å². The molecule has 2 rings (SSSR count). The summed E-state index contributed by atoms with van der Waals surface area (Å²) in [7, 11) is 0. The highest BCUT2D eigenvalue weighted by molar-refractivity contribution is 7.99. The second-order valence-electron chi connectivity index (χ2n) is 4.31. The van der Waals surface area contributed by atoms with Crippen LogP contribution in [0, 0.1) is 6.92 Å². The van der Waals surface area contributed by atoms with E-state index in [2.05, 4.69) is 28.8 Å². The van der Waals surface area contributed by atoms with Crippen LogP contribution in [0.2, 0.25) is 0 Å². The highest BCUT2D eigenvalue weighted by atomic mass is 32.2. The number of rotatable bonds is 4. The summed E-state index contributed by atoms with van der Waals surface area (Å²) in [5.74, 6) is 0.855. The lowest BCUT2D eigenvalue weighted by Crippen LogP contribution is -2.02. The molecule has 0 saturated heterocycles. The summed E-state index contributed by atoms with van der Waals surface area (Å²) in [6, 6.07) is 1.56. The first-order chi connectivity index (χ1) is 8.60. The molecule has 0 radical (unpaired) electrons. The predicted molar refractivity (Wildman–Crippen MR) is 74.5 cm³/mol. The van der Waals surface area contributed by atoms with E-state index in [9.17, 15) is 5.11 Å². The fraction of sp³-hybridized carbons (Fsp3) is 0.462. The molecule has 0 aliphatic carbocycles. The lowest BCUT2D eigenvalue weighted by Gasteiger charge is -2.06. The van der Waals surface area contributed by atoms with Crippen LogP contribution in [0.4, 0.5) is 0 Å². The first-order valence-electron chi connectivity index (χ1n) is 6.00. The fourth-order valence-electron chi connectivity index (χ4n) is 1.91. The van der Waals surface area contributed by atoms with Gasteiger partial charge in [0.25, 0.3) is 0 Å². The molecule has 0 unspecified atom stereocenters. The molecule has 0 fully saturated rings. The van der Waals surface area contributed by atoms with Gasteiger partial charge in [0.15, 0.2) is 5.16 Å². The van der Waals surface area contributed by atoms with Crippen molar-refractivity contribution in [3.63, 3.8) is 0 Å². The number of nitrogens with zero attached hydrogens (tertiary/aromatic N) is 3. The van der Waals surface area contributed by atoms with E-state index in [1.807, 2.05) is 6.92 Å². The lowest BCUT2D eigenvalue weighted by atomic mass is 10.1. The van der Waals surface area contributed by atoms with E-state index < -0.39 is 0 Å². The van der Waals surface area contributed by atoms with Gasteiger partial charge in [0.2, 0.25) is 5.88 Å². The van der Waals surface area contributed by atoms with Crippen LogP contribution in [0.25, 0.3) is 0 Å². The van der Waals surface area contributed by atoms with Gasteiger partial charge in [-0.3, -0.25) is 4.99 Å². The number of aromatic nitrogens is 2. The molecule has 0 amide bonds. The highest BCUT2D eigenvalue weighted by Crippen LogP contribution is 2.25. The molecule has 1 aliphatic rings. The number of aliphatic imine (C=N–C) groups is 1. The molecule has 0 aromatic carbocycles. The van der Waals surface area contributed by atoms with Crippen molar-refractivity contribution in [3.8, 4) is 5.88 Å². The average Bonchev–Trinajstić information content (AvgIpc) is 2.66. The van der Waals surface area contributed by atoms with E-state index in [0.717, 1.165) is 24.4 Å². The third-order valence-electron chi connectivity index (χ3n) is 2.87. The van der Waals surface area contributed by atoms with Crippen molar-refractivity contribution in [2.24, 2.45) is 4.99 Å². The Kier molecular flexibility index (Phi) is 4.01. The molecule has 1 aromatic rings. The molecule has 0 bridgehead atoms. The summed E-state index contributed by atoms with van der Waals surface area (Å²) in [6.07, 6.45) is 0.965. The smallest absolute Gasteiger partial charge is 0.215 e. The number of aromatic hydroxyl groups is 1. The number of hydrogen-bond acceptors (Lipinski definition) is 5. The van der Waals surface area contributed by atoms with Crippen LogP contribution in [0.3, 0.4) is 0 Å². The Hall–Kier alpha value is -1.36. The molecule has 1 N–H and O–H groups in total. The fourth-order valence-corrected chi connectivity index (χ4v) is 2.96. The molecule has 0 spiro atoms. The lowest BCUT2D eigenvalue weighted by molar-refractivity contribution is 0.444. The maximum absolute atomic E-state index is 9.44. The van der Waals surface area contributed by atoms with Crippen molar-refractivity contribution >= 4 is 17.5 Å². The third-order valence-corrected chi connectivity index (χ3v) is 3.75. The Labute approximate surface area is 111 Å². The molecular weight excluding hydrogens is 246 g/mol. The quantitative estimate of drug-likeness (QED) is 0.670. The standard InChI is InChI=1S/C13H17N3OS/c1-4-11-10(8(2)6-14-11)7-18-13-15-9(3)5-12(17)16-13/h5H,4,6-7H2,1-3H3,(H,15,16,17). The highest BCUT2D eigenvalue weighted by Gasteiger charge is 2.15. The Morgan fingerprint density at radius 2 is 2.11 bits per heavy atom. The van der Waals surface area contributed by atoms with Crippen LogP contribution in [0.15, 0.2) is 27.4 Å². The molecular formula is C13H17N3OS. The Bertz CT molecular complexity index is 503. The van der Waals surface area contributed by atoms with Crippen LogP contribution in [-0.4, -0.2) is 33.1 Å². The van der Waals surface area contributed by atoms with Gasteiger partial charge >= 0.3 is 0 Å². The van der Waals surface area contributed by atoms with Crippen molar-refractivity contribution in [1.29, 1.82) is 0 Å². The maximum atomic E-state index is 9.44. The van der Waals surface area contributed by atoms with Crippen LogP contribution in [-0.2, 0) is 0 Å². The minimum absolute atomic E-state index is 0.0338. The van der Waals surface area contributed by atoms with Gasteiger partial charge in [0.1, 0.15) is 0 Å². The molecule has 2 heterocycles. The van der Waals surface area contributed by atoms with Crippen LogP contribution >= 0.6 is 11.8 Å². The summed E-state index contributed by atoms with van der Waals surface area (Å²) in [4.78, 5) is 12.8. The van der Waals surface area contributed by atoms with Gasteiger partial charge in [-0.05, 0) is 31.4 Å². The molecule has 5 heteroatoms. The van der Waals surface area contributed by atoms with E-state index >= 15 is 0 Å². The van der Waals surface area contributed by atoms with Crippen molar-refractivity contribution in [3.05, 3.63) is 22.9 Å². The summed E-state index contributed by atoms with van der Waals surface area (Å²) >= 11 is 1.55. The van der Waals surface area contributed by atoms with E-state index in [4.69, 9.17) is 0 Å². The number of thioether (sulfide) groups is 1. The molecule has 0 atom stereocenters. The second-order valence-corrected chi connectivity index (χ2v) is 5.26. The SMILES string of the molecule is CCC1=NCC(C)=C1CSc1nc(C)cc(O)n1. The molecule has 96 valence electrons. The molecule has 1 aromatic heterocycles. The molecule has 0 saturated carbocycles. The minimum Gasteiger partial charge on any atom is -0.493 e. The van der Waals surface area contributed by atoms with E-state index in [0.29, 0.717) is 5.16 Å². The summed E-state index contributed by atoms with van der Waals surface area (Å²) in [6.45, 7) is 6.91. The van der Waals surface area contributed by atoms with Gasteiger partial charge in [0, 0.05) is 23.2 Å². The van der Waals surface area contributed by atoms with Gasteiger partial charge < -0.3 is 5.11 Å². The zero-order chi connectivity index (χ0) is 13.1. The summed E-state index contributed by atoms with van der Waals surface area (Å²) in [5.41, 5.74) is 4.62. The largest absolute Gasteiger partial charge is 0.493 e. The van der Waals surface area contributed by atoms with Crippen molar-refractivity contribution < 1.29 is 5.11 Å². The number of aryl methyl sites for hydroxylation is 1. The summed E-state index contributed by atoms with van der Waals surface area (Å²) in [5, 5.41) is 10.1. The zero-order valence-corrected chi connectivity index (χ0v) is 11.7. The van der Waals surface area contributed by atoms with Gasteiger partial charge in [0.05, 0.1) is 6.54 Å². The third kappa shape index (κ3) is 2.90. The zero-order valence-electron chi connectivity index (χ0n) is 10.9. The molecule has 1 aliphatic heterocycles. The Morgan fingerprint density at radius 1 is 1.33 bits per heavy atom. The first kappa shape index (κ1) is 13.1. The summed E-state index contributed by atoms with van der Waals surface area (Å²) < 4.78 is 0. The van der Waals surface area contributed by atoms with Crippen molar-refractivity contribution in [2.75, 3.05) is 12.3 Å². The first-order valence-corrected chi connectivity index (χ1v) is 6.98. The van der Waals surface area contributed by atoms with Crippen molar-refractivity contribution in [1.82, 2.24) is 9.97 Å². The maximum Gasteiger partial charge on any atom is 0.215 e. The van der Waals surface area contributed by atoms with E-state index in [-0.39, 0.29) is 5.88 Å². The predicted octanol–water partition coefficient (Wildman–Crippen LogP) is 2.76. The monoisotopic (exact) mass is 263 g/mol. The minimum atomic E-state index is 0.0338. The Morgan fingerprint density at radius 3 is 2.78 bits per heavy atom. The van der Waals surface area contributed by atoms with Gasteiger partial charge in [-0.1, -0.05) is 18.7 Å². The van der Waals surface area contributed by atoms with Gasteiger partial charge in [-0.25, -0.2) is 4.98 Å². The Balaban J connectivity index is 2.08. The van der Waals surface area contributed by atoms with Crippen molar-refractivity contribution in [2.45, 2.75) is 32.3 Å². The second kappa shape index (κ2) is 5.52. The number of hydrogen-bond donors (Lipinski definition) is 1. The van der Waals surface area contributed by atoms with E-state index in [1.165, 1.54) is 16.9 Å². The van der Waals surface area contributed by atoms with Gasteiger partial charge in [-0.15, -0.1) is 0 Å². The van der Waals surface area contributed by atoms with Gasteiger partial charge in [-0.2, -0.15) is 4.98 Å².